The third-order valence-electron chi connectivity index (χ3n) is 5.22. The van der Waals surface area contributed by atoms with Crippen LogP contribution >= 0.6 is 0 Å². The Balaban J connectivity index is -0.000000240. The second-order valence-electron chi connectivity index (χ2n) is 16.1. The average Bonchev–Trinajstić information content (AvgIpc) is 2.64. The number of allylic oxidation sites excluding steroid dienone is 6. The van der Waals surface area contributed by atoms with E-state index in [2.05, 4.69) is 0 Å². The normalized spacial score (nSPS) is 14.1. The third kappa shape index (κ3) is 21.6. The molecule has 0 saturated heterocycles. The van der Waals surface area contributed by atoms with Crippen molar-refractivity contribution in [3.63, 3.8) is 0 Å². The number of carbonyl (C=O) groups excluding carboxylic acids is 3. The van der Waals surface area contributed by atoms with E-state index in [9.17, 15) is 29.7 Å². The van der Waals surface area contributed by atoms with E-state index in [1.54, 1.807) is 0 Å². The van der Waals surface area contributed by atoms with Gasteiger partial charge in [-0.2, -0.15) is 0 Å². The summed E-state index contributed by atoms with van der Waals surface area (Å²) in [5.74, 6) is -0.625. The van der Waals surface area contributed by atoms with Crippen molar-refractivity contribution in [3.05, 3.63) is 35.5 Å². The summed E-state index contributed by atoms with van der Waals surface area (Å²) in [6.07, 6.45) is 3.67. The molecule has 40 heavy (non-hydrogen) atoms. The van der Waals surface area contributed by atoms with Gasteiger partial charge < -0.3 is 15.3 Å². The second kappa shape index (κ2) is 16.5. The van der Waals surface area contributed by atoms with E-state index in [4.69, 9.17) is 0 Å². The third-order valence-corrected chi connectivity index (χ3v) is 5.22. The predicted octanol–water partition coefficient (Wildman–Crippen LogP) is 5.68. The van der Waals surface area contributed by atoms with Crippen LogP contribution in [-0.4, -0.2) is 17.3 Å². The zero-order chi connectivity index (χ0) is 32.6. The van der Waals surface area contributed by atoms with Crippen LogP contribution in [0.1, 0.15) is 125 Å². The molecule has 0 aliphatic heterocycles. The van der Waals surface area contributed by atoms with Gasteiger partial charge in [0, 0.05) is 16.2 Å². The molecule has 0 amide bonds. The maximum atomic E-state index is 11.4. The SMILES string of the molecule is CC(C)(C)C(=O)C=C([O-])C(C)(C)C.CC(C)(C)C(=O)C=C([O-])C(C)(C)C.CC(C)(C)C(=O)C=C([O-])C(C)(C)C.[Er+3]. The first-order chi connectivity index (χ1) is 16.6. The first kappa shape index (κ1) is 45.9. The molecule has 0 aromatic rings. The van der Waals surface area contributed by atoms with E-state index in [1.807, 2.05) is 125 Å². The fraction of sp³-hybridized carbons (Fsp3) is 0.727. The number of carbonyl (C=O) groups is 3. The van der Waals surface area contributed by atoms with Gasteiger partial charge in [-0.3, -0.25) is 14.4 Å². The van der Waals surface area contributed by atoms with E-state index in [-0.39, 0.29) is 71.9 Å². The molecule has 237 valence electrons. The zero-order valence-electron chi connectivity index (χ0n) is 28.5. The van der Waals surface area contributed by atoms with Crippen molar-refractivity contribution in [1.29, 1.82) is 0 Å². The molecule has 0 aromatic heterocycles. The van der Waals surface area contributed by atoms with Crippen molar-refractivity contribution in [2.24, 2.45) is 32.5 Å². The molecule has 0 saturated carbocycles. The molecule has 0 unspecified atom stereocenters. The smallest absolute Gasteiger partial charge is 0.875 e. The van der Waals surface area contributed by atoms with Gasteiger partial charge in [0.2, 0.25) is 0 Å². The monoisotopic (exact) mass is 715 g/mol. The summed E-state index contributed by atoms with van der Waals surface area (Å²) in [5, 5.41) is 34.3. The van der Waals surface area contributed by atoms with E-state index in [1.165, 1.54) is 18.2 Å². The molecule has 0 fully saturated rings. The first-order valence-electron chi connectivity index (χ1n) is 13.5. The fourth-order valence-electron chi connectivity index (χ4n) is 1.66. The first-order valence-corrected chi connectivity index (χ1v) is 13.5. The Morgan fingerprint density at radius 3 is 0.550 bits per heavy atom. The Morgan fingerprint density at radius 1 is 0.350 bits per heavy atom. The predicted molar refractivity (Wildman–Crippen MR) is 156 cm³/mol. The van der Waals surface area contributed by atoms with Crippen LogP contribution in [0.25, 0.3) is 0 Å². The van der Waals surface area contributed by atoms with Crippen molar-refractivity contribution in [2.45, 2.75) is 125 Å². The van der Waals surface area contributed by atoms with Gasteiger partial charge in [0.1, 0.15) is 0 Å². The van der Waals surface area contributed by atoms with Crippen LogP contribution in [0.15, 0.2) is 35.5 Å². The molecule has 0 N–H and O–H groups in total. The molecule has 0 heterocycles. The van der Waals surface area contributed by atoms with Gasteiger partial charge in [-0.25, -0.2) is 0 Å². The van der Waals surface area contributed by atoms with Crippen LogP contribution in [-0.2, 0) is 14.4 Å². The van der Waals surface area contributed by atoms with E-state index in [0.717, 1.165) is 0 Å². The Kier molecular flexibility index (Phi) is 18.9. The van der Waals surface area contributed by atoms with Crippen LogP contribution in [0.5, 0.6) is 0 Å². The number of hydrogen-bond acceptors (Lipinski definition) is 6. The van der Waals surface area contributed by atoms with Gasteiger partial charge in [-0.1, -0.05) is 125 Å². The second-order valence-corrected chi connectivity index (χ2v) is 16.1. The Labute approximate surface area is 275 Å². The Morgan fingerprint density at radius 2 is 0.475 bits per heavy atom. The average molecular weight is 717 g/mol. The molecule has 0 aliphatic rings. The minimum Gasteiger partial charge on any atom is -0.875 e. The summed E-state index contributed by atoms with van der Waals surface area (Å²) in [7, 11) is 0. The van der Waals surface area contributed by atoms with Gasteiger partial charge in [0.05, 0.1) is 0 Å². The summed E-state index contributed by atoms with van der Waals surface area (Å²) in [4.78, 5) is 34.3. The van der Waals surface area contributed by atoms with Crippen LogP contribution < -0.4 is 15.3 Å². The maximum absolute atomic E-state index is 11.4. The molecular formula is C33H57ErO6. The van der Waals surface area contributed by atoms with E-state index < -0.39 is 32.5 Å². The summed E-state index contributed by atoms with van der Waals surface area (Å²) in [5.41, 5.74) is -2.74. The Hall–Kier alpha value is -1.12. The van der Waals surface area contributed by atoms with Gasteiger partial charge >= 0.3 is 37.3 Å². The summed E-state index contributed by atoms with van der Waals surface area (Å²) in [6.45, 7) is 32.5. The minimum absolute atomic E-state index is 0. The number of hydrogen-bond donors (Lipinski definition) is 0. The van der Waals surface area contributed by atoms with Crippen molar-refractivity contribution in [2.75, 3.05) is 0 Å². The number of rotatable bonds is 3. The van der Waals surface area contributed by atoms with E-state index in [0.29, 0.717) is 0 Å². The van der Waals surface area contributed by atoms with Gasteiger partial charge in [-0.15, -0.1) is 17.3 Å². The molecule has 7 heteroatoms. The fourth-order valence-corrected chi connectivity index (χ4v) is 1.66. The van der Waals surface area contributed by atoms with Crippen molar-refractivity contribution >= 4 is 17.3 Å². The quantitative estimate of drug-likeness (QED) is 0.274. The van der Waals surface area contributed by atoms with Gasteiger partial charge in [0.25, 0.3) is 0 Å². The minimum atomic E-state index is -0.457. The van der Waals surface area contributed by atoms with Gasteiger partial charge in [0.15, 0.2) is 17.3 Å². The van der Waals surface area contributed by atoms with Crippen LogP contribution in [0.3, 0.4) is 0 Å². The molecule has 0 spiro atoms. The van der Waals surface area contributed by atoms with Crippen LogP contribution in [0.4, 0.5) is 0 Å². The van der Waals surface area contributed by atoms with Crippen molar-refractivity contribution < 1.29 is 67.0 Å². The summed E-state index contributed by atoms with van der Waals surface area (Å²) < 4.78 is 0. The topological polar surface area (TPSA) is 120 Å². The van der Waals surface area contributed by atoms with Crippen molar-refractivity contribution in [1.82, 2.24) is 0 Å². The van der Waals surface area contributed by atoms with Crippen LogP contribution in [0.2, 0.25) is 0 Å². The summed E-state index contributed by atoms with van der Waals surface area (Å²) >= 11 is 0. The Bertz CT molecular complexity index is 801. The molecule has 0 aromatic carbocycles. The number of ketones is 3. The molecule has 1 radical (unpaired) electrons. The maximum Gasteiger partial charge on any atom is 3.00 e. The van der Waals surface area contributed by atoms with Crippen molar-refractivity contribution in [3.8, 4) is 0 Å². The van der Waals surface area contributed by atoms with Gasteiger partial charge in [-0.05, 0) is 34.5 Å². The molecule has 0 bridgehead atoms. The van der Waals surface area contributed by atoms with Crippen LogP contribution in [0, 0.1) is 69.8 Å². The molecule has 6 nitrogen and oxygen atoms in total. The van der Waals surface area contributed by atoms with E-state index >= 15 is 0 Å². The molecule has 0 atom stereocenters. The standard InChI is InChI=1S/3C11H20O2.Er/c3*1-10(2,3)8(12)7-9(13)11(4,5)6;/h3*7,12H,1-6H3;/q;;;+3/p-3. The molecule has 0 rings (SSSR count). The zero-order valence-corrected chi connectivity index (χ0v) is 30.3. The molecule has 0 aliphatic carbocycles. The summed E-state index contributed by atoms with van der Waals surface area (Å²) in [6, 6.07) is 0. The largest absolute Gasteiger partial charge is 3.00 e. The molecular weight excluding hydrogens is 660 g/mol.